The van der Waals surface area contributed by atoms with E-state index in [0.29, 0.717) is 17.3 Å². The number of ether oxygens (including phenoxy) is 1. The molecule has 0 saturated carbocycles. The van der Waals surface area contributed by atoms with Crippen molar-refractivity contribution in [1.29, 1.82) is 0 Å². The third kappa shape index (κ3) is 2.83. The number of methoxy groups -OCH3 is 1. The number of carbonyl (C=O) groups excluding carboxylic acids is 1. The van der Waals surface area contributed by atoms with Gasteiger partial charge in [-0.3, -0.25) is 4.79 Å². The molecule has 1 aliphatic heterocycles. The molecule has 1 saturated heterocycles. The molecule has 0 bridgehead atoms. The summed E-state index contributed by atoms with van der Waals surface area (Å²) >= 11 is 9.03. The summed E-state index contributed by atoms with van der Waals surface area (Å²) in [5.41, 5.74) is 0. The number of rotatable bonds is 3. The molecule has 1 aromatic rings. The van der Waals surface area contributed by atoms with Crippen LogP contribution >= 0.6 is 27.5 Å². The molecule has 1 aliphatic rings. The van der Waals surface area contributed by atoms with E-state index in [-0.39, 0.29) is 16.6 Å². The van der Waals surface area contributed by atoms with Crippen LogP contribution in [0.25, 0.3) is 0 Å². The standard InChI is InChI=1S/C11H12BrClN2O4S/c1-19-11(16)8-3-2-4-15(8)20(17,18)9-5-7(12)6-14-10(9)13/h5-6,8H,2-4H2,1H3. The number of aromatic nitrogens is 1. The van der Waals surface area contributed by atoms with Crippen LogP contribution in [0.1, 0.15) is 12.8 Å². The SMILES string of the molecule is COC(=O)C1CCCN1S(=O)(=O)c1cc(Br)cnc1Cl. The smallest absolute Gasteiger partial charge is 0.324 e. The number of sulfonamides is 1. The van der Waals surface area contributed by atoms with Crippen molar-refractivity contribution in [1.82, 2.24) is 9.29 Å². The summed E-state index contributed by atoms with van der Waals surface area (Å²) in [7, 11) is -2.65. The summed E-state index contributed by atoms with van der Waals surface area (Å²) < 4.78 is 31.5. The van der Waals surface area contributed by atoms with Gasteiger partial charge in [0.2, 0.25) is 10.0 Å². The molecule has 2 rings (SSSR count). The van der Waals surface area contributed by atoms with Gasteiger partial charge in [0.05, 0.1) is 7.11 Å². The van der Waals surface area contributed by atoms with Gasteiger partial charge in [-0.1, -0.05) is 11.6 Å². The molecule has 9 heteroatoms. The van der Waals surface area contributed by atoms with Gasteiger partial charge in [-0.05, 0) is 34.8 Å². The maximum absolute atomic E-state index is 12.6. The van der Waals surface area contributed by atoms with Gasteiger partial charge in [-0.15, -0.1) is 0 Å². The Hall–Kier alpha value is -0.700. The monoisotopic (exact) mass is 382 g/mol. The Morgan fingerprint density at radius 2 is 2.30 bits per heavy atom. The highest BCUT2D eigenvalue weighted by molar-refractivity contribution is 9.10. The Labute approximate surface area is 130 Å². The lowest BCUT2D eigenvalue weighted by Gasteiger charge is -2.22. The van der Waals surface area contributed by atoms with Gasteiger partial charge >= 0.3 is 5.97 Å². The number of pyridine rings is 1. The van der Waals surface area contributed by atoms with Gasteiger partial charge in [0, 0.05) is 17.2 Å². The summed E-state index contributed by atoms with van der Waals surface area (Å²) in [4.78, 5) is 15.4. The van der Waals surface area contributed by atoms with Crippen LogP contribution in [0.15, 0.2) is 21.6 Å². The summed E-state index contributed by atoms with van der Waals surface area (Å²) in [5.74, 6) is -0.565. The zero-order valence-electron chi connectivity index (χ0n) is 10.5. The normalized spacial score (nSPS) is 20.1. The minimum absolute atomic E-state index is 0.121. The van der Waals surface area contributed by atoms with Crippen LogP contribution in [-0.4, -0.2) is 43.4 Å². The van der Waals surface area contributed by atoms with E-state index in [1.54, 1.807) is 0 Å². The first-order valence-electron chi connectivity index (χ1n) is 5.78. The molecule has 1 aromatic heterocycles. The molecular formula is C11H12BrClN2O4S. The molecule has 0 radical (unpaired) electrons. The van der Waals surface area contributed by atoms with Crippen LogP contribution in [0.4, 0.5) is 0 Å². The molecule has 0 N–H and O–H groups in total. The Morgan fingerprint density at radius 3 is 2.95 bits per heavy atom. The van der Waals surface area contributed by atoms with Crippen molar-refractivity contribution >= 4 is 43.5 Å². The fourth-order valence-corrected chi connectivity index (χ4v) is 4.68. The zero-order valence-corrected chi connectivity index (χ0v) is 13.7. The van der Waals surface area contributed by atoms with Crippen LogP contribution in [-0.2, 0) is 19.6 Å². The van der Waals surface area contributed by atoms with Crippen LogP contribution in [0.2, 0.25) is 5.15 Å². The van der Waals surface area contributed by atoms with E-state index in [2.05, 4.69) is 25.7 Å². The van der Waals surface area contributed by atoms with Crippen molar-refractivity contribution in [3.8, 4) is 0 Å². The van der Waals surface area contributed by atoms with Crippen LogP contribution in [0.3, 0.4) is 0 Å². The fourth-order valence-electron chi connectivity index (χ4n) is 2.11. The molecular weight excluding hydrogens is 372 g/mol. The number of halogens is 2. The molecule has 1 fully saturated rings. The fraction of sp³-hybridized carbons (Fsp3) is 0.455. The maximum atomic E-state index is 12.6. The van der Waals surface area contributed by atoms with Gasteiger partial charge < -0.3 is 4.74 Å². The van der Waals surface area contributed by atoms with Crippen LogP contribution in [0.5, 0.6) is 0 Å². The van der Waals surface area contributed by atoms with Gasteiger partial charge in [0.25, 0.3) is 0 Å². The van der Waals surface area contributed by atoms with Crippen molar-refractivity contribution in [2.75, 3.05) is 13.7 Å². The first-order chi connectivity index (χ1) is 9.37. The average Bonchev–Trinajstić information content (AvgIpc) is 2.90. The molecule has 1 atom stereocenters. The molecule has 110 valence electrons. The lowest BCUT2D eigenvalue weighted by molar-refractivity contribution is -0.144. The molecule has 2 heterocycles. The predicted molar refractivity (Wildman–Crippen MR) is 75.9 cm³/mol. The van der Waals surface area contributed by atoms with E-state index in [1.165, 1.54) is 19.4 Å². The molecule has 0 amide bonds. The lowest BCUT2D eigenvalue weighted by atomic mass is 10.2. The summed E-state index contributed by atoms with van der Waals surface area (Å²) in [6.45, 7) is 0.255. The second-order valence-electron chi connectivity index (χ2n) is 4.24. The van der Waals surface area contributed by atoms with Crippen molar-refractivity contribution in [2.24, 2.45) is 0 Å². The third-order valence-corrected chi connectivity index (χ3v) is 5.81. The van der Waals surface area contributed by atoms with E-state index in [1.807, 2.05) is 0 Å². The van der Waals surface area contributed by atoms with Gasteiger partial charge in [-0.2, -0.15) is 4.31 Å². The first kappa shape index (κ1) is 15.7. The second kappa shape index (κ2) is 5.97. The highest BCUT2D eigenvalue weighted by Crippen LogP contribution is 2.31. The lowest BCUT2D eigenvalue weighted by Crippen LogP contribution is -2.41. The van der Waals surface area contributed by atoms with E-state index >= 15 is 0 Å². The number of hydrogen-bond donors (Lipinski definition) is 0. The van der Waals surface area contributed by atoms with Crippen molar-refractivity contribution in [2.45, 2.75) is 23.8 Å². The third-order valence-electron chi connectivity index (χ3n) is 3.04. The second-order valence-corrected chi connectivity index (χ2v) is 7.37. The number of esters is 1. The van der Waals surface area contributed by atoms with Crippen molar-refractivity contribution in [3.05, 3.63) is 21.9 Å². The average molecular weight is 384 g/mol. The minimum atomic E-state index is -3.89. The topological polar surface area (TPSA) is 76.6 Å². The van der Waals surface area contributed by atoms with E-state index in [9.17, 15) is 13.2 Å². The van der Waals surface area contributed by atoms with Crippen molar-refractivity contribution < 1.29 is 17.9 Å². The van der Waals surface area contributed by atoms with E-state index in [4.69, 9.17) is 11.6 Å². The Morgan fingerprint density at radius 1 is 1.60 bits per heavy atom. The molecule has 0 spiro atoms. The highest BCUT2D eigenvalue weighted by atomic mass is 79.9. The van der Waals surface area contributed by atoms with Crippen LogP contribution in [0, 0.1) is 0 Å². The van der Waals surface area contributed by atoms with E-state index in [0.717, 1.165) is 4.31 Å². The van der Waals surface area contributed by atoms with Crippen LogP contribution < -0.4 is 0 Å². The molecule has 1 unspecified atom stereocenters. The zero-order chi connectivity index (χ0) is 14.9. The number of carbonyl (C=O) groups is 1. The van der Waals surface area contributed by atoms with Gasteiger partial charge in [-0.25, -0.2) is 13.4 Å². The Bertz CT molecular complexity index is 637. The number of hydrogen-bond acceptors (Lipinski definition) is 5. The predicted octanol–water partition coefficient (Wildman–Crippen LogP) is 1.82. The maximum Gasteiger partial charge on any atom is 0.324 e. The molecule has 0 aliphatic carbocycles. The summed E-state index contributed by atoms with van der Waals surface area (Å²) in [6.07, 6.45) is 2.44. The van der Waals surface area contributed by atoms with Gasteiger partial charge in [0.1, 0.15) is 16.1 Å². The highest BCUT2D eigenvalue weighted by Gasteiger charge is 2.41. The number of nitrogens with zero attached hydrogens (tertiary/aromatic N) is 2. The molecule has 0 aromatic carbocycles. The van der Waals surface area contributed by atoms with Crippen molar-refractivity contribution in [3.63, 3.8) is 0 Å². The van der Waals surface area contributed by atoms with E-state index < -0.39 is 22.0 Å². The first-order valence-corrected chi connectivity index (χ1v) is 8.39. The Kier molecular flexibility index (Phi) is 4.68. The molecule has 6 nitrogen and oxygen atoms in total. The van der Waals surface area contributed by atoms with Gasteiger partial charge in [0.15, 0.2) is 0 Å². The minimum Gasteiger partial charge on any atom is -0.468 e. The summed E-state index contributed by atoms with van der Waals surface area (Å²) in [6, 6.07) is 0.567. The largest absolute Gasteiger partial charge is 0.468 e. The molecule has 20 heavy (non-hydrogen) atoms. The summed E-state index contributed by atoms with van der Waals surface area (Å²) in [5, 5.41) is -0.122. The Balaban J connectivity index is 2.44. The quantitative estimate of drug-likeness (QED) is 0.588.